The van der Waals surface area contributed by atoms with E-state index in [2.05, 4.69) is 15.3 Å². The van der Waals surface area contributed by atoms with E-state index < -0.39 is 17.4 Å². The summed E-state index contributed by atoms with van der Waals surface area (Å²) in [5, 5.41) is 2.39. The van der Waals surface area contributed by atoms with Crippen LogP contribution in [0.25, 0.3) is 0 Å². The Labute approximate surface area is 93.0 Å². The molecule has 6 nitrogen and oxygen atoms in total. The Morgan fingerprint density at radius 2 is 2.12 bits per heavy atom. The SMILES string of the molecule is Cc1cc(NC(=O)OC(C)(C)C)nc(=O)[nH]1. The lowest BCUT2D eigenvalue weighted by molar-refractivity contribution is 0.0635. The maximum absolute atomic E-state index is 11.4. The number of hydrogen-bond acceptors (Lipinski definition) is 4. The number of nitrogens with zero attached hydrogens (tertiary/aromatic N) is 1. The van der Waals surface area contributed by atoms with Gasteiger partial charge in [0.05, 0.1) is 0 Å². The van der Waals surface area contributed by atoms with Crippen LogP contribution in [0.3, 0.4) is 0 Å². The third-order valence-electron chi connectivity index (χ3n) is 1.51. The molecule has 1 rings (SSSR count). The fourth-order valence-electron chi connectivity index (χ4n) is 1.05. The highest BCUT2D eigenvalue weighted by molar-refractivity contribution is 5.83. The maximum atomic E-state index is 11.4. The van der Waals surface area contributed by atoms with Gasteiger partial charge in [-0.05, 0) is 27.7 Å². The molecule has 0 bridgehead atoms. The molecule has 88 valence electrons. The molecule has 1 amide bonds. The molecule has 0 fully saturated rings. The van der Waals surface area contributed by atoms with Crippen molar-refractivity contribution in [3.05, 3.63) is 22.2 Å². The molecule has 0 saturated heterocycles. The van der Waals surface area contributed by atoms with Gasteiger partial charge in [0.25, 0.3) is 0 Å². The van der Waals surface area contributed by atoms with Gasteiger partial charge in [0.1, 0.15) is 11.4 Å². The van der Waals surface area contributed by atoms with Crippen LogP contribution >= 0.6 is 0 Å². The van der Waals surface area contributed by atoms with Gasteiger partial charge in [0, 0.05) is 11.8 Å². The molecule has 0 spiro atoms. The Bertz CT molecular complexity index is 445. The molecule has 1 aromatic rings. The number of carbonyl (C=O) groups is 1. The molecule has 1 heterocycles. The summed E-state index contributed by atoms with van der Waals surface area (Å²) in [6.07, 6.45) is -0.634. The minimum Gasteiger partial charge on any atom is -0.444 e. The first-order chi connectivity index (χ1) is 7.26. The third-order valence-corrected chi connectivity index (χ3v) is 1.51. The van der Waals surface area contributed by atoms with Gasteiger partial charge in [-0.15, -0.1) is 0 Å². The summed E-state index contributed by atoms with van der Waals surface area (Å²) < 4.78 is 5.02. The first-order valence-electron chi connectivity index (χ1n) is 4.84. The zero-order chi connectivity index (χ0) is 12.3. The summed E-state index contributed by atoms with van der Waals surface area (Å²) in [7, 11) is 0. The van der Waals surface area contributed by atoms with E-state index in [0.717, 1.165) is 0 Å². The average molecular weight is 225 g/mol. The second kappa shape index (κ2) is 4.34. The number of hydrogen-bond donors (Lipinski definition) is 2. The van der Waals surface area contributed by atoms with Crippen LogP contribution in [0.1, 0.15) is 26.5 Å². The van der Waals surface area contributed by atoms with E-state index in [-0.39, 0.29) is 5.82 Å². The van der Waals surface area contributed by atoms with Gasteiger partial charge in [-0.3, -0.25) is 5.32 Å². The number of aromatic amines is 1. The van der Waals surface area contributed by atoms with Crippen molar-refractivity contribution in [2.75, 3.05) is 5.32 Å². The van der Waals surface area contributed by atoms with E-state index in [0.29, 0.717) is 5.69 Å². The van der Waals surface area contributed by atoms with Gasteiger partial charge in [-0.2, -0.15) is 4.98 Å². The predicted molar refractivity (Wildman–Crippen MR) is 59.5 cm³/mol. The van der Waals surface area contributed by atoms with Crippen LogP contribution in [0.4, 0.5) is 10.6 Å². The predicted octanol–water partition coefficient (Wildman–Crippen LogP) is 1.43. The van der Waals surface area contributed by atoms with Crippen LogP contribution < -0.4 is 11.0 Å². The van der Waals surface area contributed by atoms with Crippen molar-refractivity contribution in [2.45, 2.75) is 33.3 Å². The number of anilines is 1. The number of H-pyrrole nitrogens is 1. The van der Waals surface area contributed by atoms with Crippen LogP contribution in [0, 0.1) is 6.92 Å². The molecule has 0 radical (unpaired) electrons. The van der Waals surface area contributed by atoms with Gasteiger partial charge in [0.2, 0.25) is 0 Å². The van der Waals surface area contributed by atoms with Crippen LogP contribution in [0.2, 0.25) is 0 Å². The largest absolute Gasteiger partial charge is 0.444 e. The van der Waals surface area contributed by atoms with Crippen LogP contribution in [-0.4, -0.2) is 21.7 Å². The van der Waals surface area contributed by atoms with Crippen molar-refractivity contribution in [3.63, 3.8) is 0 Å². The summed E-state index contributed by atoms with van der Waals surface area (Å²) in [6.45, 7) is 6.96. The molecule has 2 N–H and O–H groups in total. The maximum Gasteiger partial charge on any atom is 0.413 e. The minimum atomic E-state index is -0.634. The molecule has 0 aliphatic heterocycles. The first-order valence-corrected chi connectivity index (χ1v) is 4.84. The number of ether oxygens (including phenoxy) is 1. The number of carbonyl (C=O) groups excluding carboxylic acids is 1. The zero-order valence-electron chi connectivity index (χ0n) is 9.75. The Morgan fingerprint density at radius 1 is 1.50 bits per heavy atom. The molecule has 16 heavy (non-hydrogen) atoms. The lowest BCUT2D eigenvalue weighted by Gasteiger charge is -2.19. The number of amides is 1. The number of aromatic nitrogens is 2. The molecule has 0 aliphatic carbocycles. The highest BCUT2D eigenvalue weighted by Gasteiger charge is 2.16. The van der Waals surface area contributed by atoms with Gasteiger partial charge in [0.15, 0.2) is 0 Å². The molecule has 0 aromatic carbocycles. The van der Waals surface area contributed by atoms with Gasteiger partial charge in [-0.25, -0.2) is 9.59 Å². The van der Waals surface area contributed by atoms with Gasteiger partial charge < -0.3 is 9.72 Å². The molecule has 0 atom stereocenters. The lowest BCUT2D eigenvalue weighted by Crippen LogP contribution is -2.28. The summed E-state index contributed by atoms with van der Waals surface area (Å²) in [5.74, 6) is 0.176. The quantitative estimate of drug-likeness (QED) is 0.757. The van der Waals surface area contributed by atoms with E-state index in [4.69, 9.17) is 4.74 Å². The van der Waals surface area contributed by atoms with Gasteiger partial charge in [-0.1, -0.05) is 0 Å². The molecule has 0 unspecified atom stereocenters. The van der Waals surface area contributed by atoms with E-state index in [1.54, 1.807) is 33.8 Å². The summed E-state index contributed by atoms with van der Waals surface area (Å²) in [5.41, 5.74) is -0.475. The molecule has 1 aromatic heterocycles. The summed E-state index contributed by atoms with van der Waals surface area (Å²) in [6, 6.07) is 1.55. The molecular weight excluding hydrogens is 210 g/mol. The van der Waals surface area contributed by atoms with Crippen molar-refractivity contribution >= 4 is 11.9 Å². The minimum absolute atomic E-state index is 0.176. The van der Waals surface area contributed by atoms with Crippen molar-refractivity contribution < 1.29 is 9.53 Å². The van der Waals surface area contributed by atoms with E-state index >= 15 is 0 Å². The summed E-state index contributed by atoms with van der Waals surface area (Å²) in [4.78, 5) is 28.4. The third kappa shape index (κ3) is 4.12. The average Bonchev–Trinajstić information content (AvgIpc) is 1.96. The molecule has 6 heteroatoms. The Morgan fingerprint density at radius 3 is 2.62 bits per heavy atom. The van der Waals surface area contributed by atoms with Crippen LogP contribution in [0.5, 0.6) is 0 Å². The first kappa shape index (κ1) is 12.2. The van der Waals surface area contributed by atoms with E-state index in [1.165, 1.54) is 0 Å². The number of nitrogens with one attached hydrogen (secondary N) is 2. The smallest absolute Gasteiger partial charge is 0.413 e. The molecular formula is C10H15N3O3. The number of aryl methyl sites for hydroxylation is 1. The molecule has 0 saturated carbocycles. The summed E-state index contributed by atoms with van der Waals surface area (Å²) >= 11 is 0. The highest BCUT2D eigenvalue weighted by atomic mass is 16.6. The van der Waals surface area contributed by atoms with E-state index in [9.17, 15) is 9.59 Å². The topological polar surface area (TPSA) is 84.1 Å². The lowest BCUT2D eigenvalue weighted by atomic mass is 10.2. The second-order valence-electron chi connectivity index (χ2n) is 4.38. The standard InChI is InChI=1S/C10H15N3O3/c1-6-5-7(12-8(14)11-6)13-9(15)16-10(2,3)4/h5H,1-4H3,(H2,11,12,13,14,15). The Hall–Kier alpha value is -1.85. The Kier molecular flexibility index (Phi) is 3.31. The van der Waals surface area contributed by atoms with E-state index in [1.807, 2.05) is 0 Å². The van der Waals surface area contributed by atoms with Gasteiger partial charge >= 0.3 is 11.8 Å². The fourth-order valence-corrected chi connectivity index (χ4v) is 1.05. The van der Waals surface area contributed by atoms with Crippen molar-refractivity contribution in [1.29, 1.82) is 0 Å². The van der Waals surface area contributed by atoms with Crippen LogP contribution in [-0.2, 0) is 4.74 Å². The Balaban J connectivity index is 2.74. The fraction of sp³-hybridized carbons (Fsp3) is 0.500. The van der Waals surface area contributed by atoms with Crippen molar-refractivity contribution in [3.8, 4) is 0 Å². The monoisotopic (exact) mass is 225 g/mol. The normalized spacial score (nSPS) is 11.0. The van der Waals surface area contributed by atoms with Crippen molar-refractivity contribution in [2.24, 2.45) is 0 Å². The molecule has 0 aliphatic rings. The number of rotatable bonds is 1. The second-order valence-corrected chi connectivity index (χ2v) is 4.38. The highest BCUT2D eigenvalue weighted by Crippen LogP contribution is 2.09. The van der Waals surface area contributed by atoms with Crippen molar-refractivity contribution in [1.82, 2.24) is 9.97 Å². The van der Waals surface area contributed by atoms with Crippen LogP contribution in [0.15, 0.2) is 10.9 Å². The zero-order valence-corrected chi connectivity index (χ0v) is 9.75.